The molecule has 0 atom stereocenters. The molecule has 1 aromatic heterocycles. The molecule has 22 heavy (non-hydrogen) atoms. The van der Waals surface area contributed by atoms with E-state index in [1.165, 1.54) is 13.2 Å². The fourth-order valence-corrected chi connectivity index (χ4v) is 2.16. The van der Waals surface area contributed by atoms with Gasteiger partial charge in [0.05, 0.1) is 7.11 Å². The summed E-state index contributed by atoms with van der Waals surface area (Å²) in [5.41, 5.74) is 0.776. The molecule has 2 aromatic rings. The summed E-state index contributed by atoms with van der Waals surface area (Å²) < 4.78 is 20.3. The van der Waals surface area contributed by atoms with Gasteiger partial charge in [0.2, 0.25) is 5.91 Å². The first-order valence-electron chi connectivity index (χ1n) is 7.15. The van der Waals surface area contributed by atoms with Gasteiger partial charge in [0.1, 0.15) is 5.82 Å². The molecule has 1 amide bonds. The summed E-state index contributed by atoms with van der Waals surface area (Å²) >= 11 is 0. The number of halogens is 1. The number of aryl methyl sites for hydroxylation is 2. The first-order valence-corrected chi connectivity index (χ1v) is 7.15. The molecule has 1 aromatic carbocycles. The van der Waals surface area contributed by atoms with Gasteiger partial charge in [0, 0.05) is 38.8 Å². The minimum absolute atomic E-state index is 0.0505. The molecule has 0 saturated heterocycles. The van der Waals surface area contributed by atoms with Gasteiger partial charge < -0.3 is 14.6 Å². The average Bonchev–Trinajstić information content (AvgIpc) is 2.91. The minimum Gasteiger partial charge on any atom is -0.494 e. The van der Waals surface area contributed by atoms with Crippen molar-refractivity contribution in [3.05, 3.63) is 47.8 Å². The zero-order chi connectivity index (χ0) is 15.9. The predicted octanol–water partition coefficient (Wildman–Crippen LogP) is 1.86. The number of nitrogens with one attached hydrogen (secondary N) is 1. The summed E-state index contributed by atoms with van der Waals surface area (Å²) in [6, 6.07) is 4.74. The highest BCUT2D eigenvalue weighted by Gasteiger charge is 2.07. The number of amides is 1. The van der Waals surface area contributed by atoms with Gasteiger partial charge in [0.15, 0.2) is 11.6 Å². The number of ether oxygens (including phenoxy) is 1. The van der Waals surface area contributed by atoms with Crippen LogP contribution >= 0.6 is 0 Å². The zero-order valence-corrected chi connectivity index (χ0v) is 12.8. The van der Waals surface area contributed by atoms with Crippen molar-refractivity contribution in [2.75, 3.05) is 13.7 Å². The van der Waals surface area contributed by atoms with Crippen LogP contribution in [0.25, 0.3) is 0 Å². The molecular formula is C16H20FN3O2. The molecule has 0 spiro atoms. The van der Waals surface area contributed by atoms with E-state index >= 15 is 0 Å². The quantitative estimate of drug-likeness (QED) is 0.849. The summed E-state index contributed by atoms with van der Waals surface area (Å²) in [5.74, 6) is 0.682. The standard InChI is InChI=1S/C16H20FN3O2/c1-20-10-9-18-15(20)7-8-19-16(21)6-4-12-3-5-14(22-2)13(17)11-12/h3,5,9-11H,4,6-8H2,1-2H3,(H,19,21). The van der Waals surface area contributed by atoms with Crippen molar-refractivity contribution in [1.29, 1.82) is 0 Å². The third kappa shape index (κ3) is 4.31. The van der Waals surface area contributed by atoms with Crippen LogP contribution in [-0.4, -0.2) is 29.1 Å². The highest BCUT2D eigenvalue weighted by molar-refractivity contribution is 5.76. The fraction of sp³-hybridized carbons (Fsp3) is 0.375. The number of methoxy groups -OCH3 is 1. The molecule has 0 aliphatic rings. The molecule has 2 rings (SSSR count). The minimum atomic E-state index is -0.407. The topological polar surface area (TPSA) is 56.1 Å². The lowest BCUT2D eigenvalue weighted by Crippen LogP contribution is -2.26. The van der Waals surface area contributed by atoms with E-state index in [-0.39, 0.29) is 11.7 Å². The number of hydrogen-bond donors (Lipinski definition) is 1. The fourth-order valence-electron chi connectivity index (χ4n) is 2.16. The van der Waals surface area contributed by atoms with Crippen LogP contribution in [0.1, 0.15) is 17.8 Å². The van der Waals surface area contributed by atoms with Crippen LogP contribution < -0.4 is 10.1 Å². The van der Waals surface area contributed by atoms with Gasteiger partial charge in [-0.25, -0.2) is 9.37 Å². The third-order valence-corrected chi connectivity index (χ3v) is 3.45. The Morgan fingerprint density at radius 2 is 2.23 bits per heavy atom. The van der Waals surface area contributed by atoms with Gasteiger partial charge in [-0.2, -0.15) is 0 Å². The Hall–Kier alpha value is -2.37. The molecule has 0 unspecified atom stereocenters. The normalized spacial score (nSPS) is 10.5. The molecule has 0 bridgehead atoms. The lowest BCUT2D eigenvalue weighted by atomic mass is 10.1. The molecule has 0 fully saturated rings. The Morgan fingerprint density at radius 3 is 2.86 bits per heavy atom. The van der Waals surface area contributed by atoms with E-state index in [9.17, 15) is 9.18 Å². The van der Waals surface area contributed by atoms with Crippen molar-refractivity contribution in [3.8, 4) is 5.75 Å². The van der Waals surface area contributed by atoms with Gasteiger partial charge in [-0.05, 0) is 24.1 Å². The number of nitrogens with zero attached hydrogens (tertiary/aromatic N) is 2. The van der Waals surface area contributed by atoms with Crippen LogP contribution in [0.4, 0.5) is 4.39 Å². The predicted molar refractivity (Wildman–Crippen MR) is 81.2 cm³/mol. The Morgan fingerprint density at radius 1 is 1.41 bits per heavy atom. The number of benzene rings is 1. The largest absolute Gasteiger partial charge is 0.494 e. The summed E-state index contributed by atoms with van der Waals surface area (Å²) in [4.78, 5) is 16.0. The Balaban J connectivity index is 1.73. The van der Waals surface area contributed by atoms with Crippen LogP contribution in [0.3, 0.4) is 0 Å². The summed E-state index contributed by atoms with van der Waals surface area (Å²) in [7, 11) is 3.34. The first kappa shape index (κ1) is 16.0. The summed E-state index contributed by atoms with van der Waals surface area (Å²) in [6.45, 7) is 0.542. The Kier molecular flexibility index (Phi) is 5.52. The Labute approximate surface area is 129 Å². The second-order valence-electron chi connectivity index (χ2n) is 5.02. The number of hydrogen-bond acceptors (Lipinski definition) is 3. The van der Waals surface area contributed by atoms with Crippen LogP contribution in [0, 0.1) is 5.82 Å². The van der Waals surface area contributed by atoms with Gasteiger partial charge in [-0.1, -0.05) is 6.07 Å². The summed E-state index contributed by atoms with van der Waals surface area (Å²) in [5, 5.41) is 2.84. The lowest BCUT2D eigenvalue weighted by molar-refractivity contribution is -0.121. The van der Waals surface area contributed by atoms with Crippen molar-refractivity contribution < 1.29 is 13.9 Å². The van der Waals surface area contributed by atoms with E-state index in [0.29, 0.717) is 25.8 Å². The molecule has 6 heteroatoms. The van der Waals surface area contributed by atoms with Crippen molar-refractivity contribution in [2.24, 2.45) is 7.05 Å². The van der Waals surface area contributed by atoms with E-state index in [4.69, 9.17) is 4.74 Å². The maximum absolute atomic E-state index is 13.5. The van der Waals surface area contributed by atoms with Gasteiger partial charge in [0.25, 0.3) is 0 Å². The molecule has 0 radical (unpaired) electrons. The third-order valence-electron chi connectivity index (χ3n) is 3.45. The van der Waals surface area contributed by atoms with E-state index in [1.807, 2.05) is 17.8 Å². The molecule has 1 N–H and O–H groups in total. The smallest absolute Gasteiger partial charge is 0.220 e. The maximum atomic E-state index is 13.5. The number of carbonyl (C=O) groups excluding carboxylic acids is 1. The molecule has 5 nitrogen and oxygen atoms in total. The van der Waals surface area contributed by atoms with Crippen LogP contribution in [0.15, 0.2) is 30.6 Å². The van der Waals surface area contributed by atoms with Crippen LogP contribution in [0.2, 0.25) is 0 Å². The SMILES string of the molecule is COc1ccc(CCC(=O)NCCc2nccn2C)cc1F. The number of imidazole rings is 1. The highest BCUT2D eigenvalue weighted by atomic mass is 19.1. The maximum Gasteiger partial charge on any atom is 0.220 e. The second-order valence-corrected chi connectivity index (χ2v) is 5.02. The van der Waals surface area contributed by atoms with E-state index in [1.54, 1.807) is 18.3 Å². The number of rotatable bonds is 7. The van der Waals surface area contributed by atoms with Gasteiger partial charge in [-0.15, -0.1) is 0 Å². The van der Waals surface area contributed by atoms with E-state index in [2.05, 4.69) is 10.3 Å². The molecule has 0 aliphatic heterocycles. The zero-order valence-electron chi connectivity index (χ0n) is 12.8. The van der Waals surface area contributed by atoms with E-state index < -0.39 is 5.82 Å². The molecular weight excluding hydrogens is 285 g/mol. The van der Waals surface area contributed by atoms with Gasteiger partial charge in [-0.3, -0.25) is 4.79 Å². The summed E-state index contributed by atoms with van der Waals surface area (Å²) in [6.07, 6.45) is 5.11. The van der Waals surface area contributed by atoms with Crippen LogP contribution in [-0.2, 0) is 24.7 Å². The average molecular weight is 305 g/mol. The molecule has 0 aliphatic carbocycles. The monoisotopic (exact) mass is 305 g/mol. The van der Waals surface area contributed by atoms with Crippen molar-refractivity contribution in [2.45, 2.75) is 19.3 Å². The van der Waals surface area contributed by atoms with E-state index in [0.717, 1.165) is 11.4 Å². The first-order chi connectivity index (χ1) is 10.6. The van der Waals surface area contributed by atoms with Crippen LogP contribution in [0.5, 0.6) is 5.75 Å². The highest BCUT2D eigenvalue weighted by Crippen LogP contribution is 2.18. The second kappa shape index (κ2) is 7.59. The Bertz CT molecular complexity index is 640. The number of carbonyl (C=O) groups is 1. The van der Waals surface area contributed by atoms with Crippen molar-refractivity contribution in [3.63, 3.8) is 0 Å². The van der Waals surface area contributed by atoms with Crippen molar-refractivity contribution in [1.82, 2.24) is 14.9 Å². The lowest BCUT2D eigenvalue weighted by Gasteiger charge is -2.07. The molecule has 118 valence electrons. The molecule has 1 heterocycles. The molecule has 0 saturated carbocycles. The van der Waals surface area contributed by atoms with Crippen molar-refractivity contribution >= 4 is 5.91 Å². The van der Waals surface area contributed by atoms with Gasteiger partial charge >= 0.3 is 0 Å². The number of aromatic nitrogens is 2.